The van der Waals surface area contributed by atoms with Crippen LogP contribution in [0.1, 0.15) is 34.6 Å². The average Bonchev–Trinajstić information content (AvgIpc) is 2.60. The fourth-order valence-corrected chi connectivity index (χ4v) is 2.01. The molecule has 1 saturated heterocycles. The second-order valence-corrected chi connectivity index (χ2v) is 6.14. The Hall–Kier alpha value is -1.34. The van der Waals surface area contributed by atoms with Crippen LogP contribution in [0.2, 0.25) is 0 Å². The predicted octanol–water partition coefficient (Wildman–Crippen LogP) is 0.892. The number of carbonyl (C=O) groups excluding carboxylic acids is 2. The fourth-order valence-electron chi connectivity index (χ4n) is 2.01. The van der Waals surface area contributed by atoms with Crippen LogP contribution in [0.25, 0.3) is 0 Å². The molecule has 1 rings (SSSR count). The first-order chi connectivity index (χ1) is 8.99. The number of ether oxygens (including phenoxy) is 3. The van der Waals surface area contributed by atoms with Gasteiger partial charge in [-0.1, -0.05) is 0 Å². The van der Waals surface area contributed by atoms with Crippen LogP contribution in [0.15, 0.2) is 0 Å². The minimum atomic E-state index is -1.48. The standard InChI is InChI=1S/C13H23NO6/c1-12(2,3)20-11(17)14-8(7-19-13(14,4)5)9(15)10(16)18-6/h8-9,15H,7H2,1-6H3/t8-,9+/m0/s1. The molecule has 0 aromatic heterocycles. The molecule has 7 heteroatoms. The van der Waals surface area contributed by atoms with E-state index in [0.29, 0.717) is 0 Å². The Labute approximate surface area is 118 Å². The summed E-state index contributed by atoms with van der Waals surface area (Å²) in [4.78, 5) is 25.0. The molecular formula is C13H23NO6. The SMILES string of the molecule is COC(=O)[C@H](O)[C@@H]1COC(C)(C)N1C(=O)OC(C)(C)C. The Kier molecular flexibility index (Phi) is 4.66. The van der Waals surface area contributed by atoms with E-state index in [-0.39, 0.29) is 6.61 Å². The summed E-state index contributed by atoms with van der Waals surface area (Å²) in [5, 5.41) is 9.96. The molecule has 0 unspecified atom stereocenters. The second-order valence-electron chi connectivity index (χ2n) is 6.14. The third kappa shape index (κ3) is 3.61. The topological polar surface area (TPSA) is 85.3 Å². The molecule has 2 atom stereocenters. The van der Waals surface area contributed by atoms with Crippen molar-refractivity contribution in [2.24, 2.45) is 0 Å². The van der Waals surface area contributed by atoms with E-state index < -0.39 is 35.5 Å². The van der Waals surface area contributed by atoms with Gasteiger partial charge in [-0.15, -0.1) is 0 Å². The highest BCUT2D eigenvalue weighted by Crippen LogP contribution is 2.31. The molecule has 0 aromatic carbocycles. The molecular weight excluding hydrogens is 266 g/mol. The molecule has 1 N–H and O–H groups in total. The van der Waals surface area contributed by atoms with Crippen LogP contribution < -0.4 is 0 Å². The number of hydrogen-bond acceptors (Lipinski definition) is 6. The lowest BCUT2D eigenvalue weighted by atomic mass is 10.1. The summed E-state index contributed by atoms with van der Waals surface area (Å²) in [6.45, 7) is 8.58. The lowest BCUT2D eigenvalue weighted by Crippen LogP contribution is -2.55. The lowest BCUT2D eigenvalue weighted by molar-refractivity contribution is -0.153. The van der Waals surface area contributed by atoms with Crippen molar-refractivity contribution in [1.29, 1.82) is 0 Å². The maximum Gasteiger partial charge on any atom is 0.413 e. The second kappa shape index (κ2) is 5.57. The first kappa shape index (κ1) is 16.7. The highest BCUT2D eigenvalue weighted by molar-refractivity contribution is 5.77. The third-order valence-corrected chi connectivity index (χ3v) is 2.92. The van der Waals surface area contributed by atoms with Gasteiger partial charge in [-0.3, -0.25) is 4.90 Å². The van der Waals surface area contributed by atoms with Crippen LogP contribution in [-0.2, 0) is 19.0 Å². The minimum absolute atomic E-state index is 0.0303. The van der Waals surface area contributed by atoms with Crippen LogP contribution in [-0.4, -0.2) is 59.3 Å². The molecule has 0 aromatic rings. The molecule has 1 fully saturated rings. The van der Waals surface area contributed by atoms with Crippen LogP contribution in [0, 0.1) is 0 Å². The number of aliphatic hydroxyl groups is 1. The highest BCUT2D eigenvalue weighted by atomic mass is 16.6. The molecule has 1 aliphatic rings. The van der Waals surface area contributed by atoms with E-state index in [1.165, 1.54) is 12.0 Å². The molecule has 116 valence electrons. The molecule has 0 spiro atoms. The summed E-state index contributed by atoms with van der Waals surface area (Å²) in [7, 11) is 1.17. The minimum Gasteiger partial charge on any atom is -0.467 e. The zero-order valence-electron chi connectivity index (χ0n) is 12.8. The molecule has 1 amide bonds. The predicted molar refractivity (Wildman–Crippen MR) is 69.9 cm³/mol. The van der Waals surface area contributed by atoms with E-state index in [4.69, 9.17) is 9.47 Å². The van der Waals surface area contributed by atoms with Crippen LogP contribution >= 0.6 is 0 Å². The zero-order valence-corrected chi connectivity index (χ0v) is 12.8. The van der Waals surface area contributed by atoms with Crippen LogP contribution in [0.3, 0.4) is 0 Å². The van der Waals surface area contributed by atoms with E-state index in [0.717, 1.165) is 0 Å². The number of rotatable bonds is 2. The van der Waals surface area contributed by atoms with Gasteiger partial charge in [-0.2, -0.15) is 0 Å². The number of aliphatic hydroxyl groups excluding tert-OH is 1. The Morgan fingerprint density at radius 3 is 2.40 bits per heavy atom. The largest absolute Gasteiger partial charge is 0.467 e. The normalized spacial score (nSPS) is 23.4. The van der Waals surface area contributed by atoms with Crippen molar-refractivity contribution in [3.05, 3.63) is 0 Å². The van der Waals surface area contributed by atoms with Gasteiger partial charge in [0.15, 0.2) is 6.10 Å². The maximum absolute atomic E-state index is 12.3. The molecule has 0 bridgehead atoms. The Morgan fingerprint density at radius 2 is 1.95 bits per heavy atom. The van der Waals surface area contributed by atoms with Gasteiger partial charge in [0.05, 0.1) is 19.8 Å². The van der Waals surface area contributed by atoms with E-state index in [9.17, 15) is 14.7 Å². The number of esters is 1. The summed E-state index contributed by atoms with van der Waals surface area (Å²) in [5.41, 5.74) is -1.65. The summed E-state index contributed by atoms with van der Waals surface area (Å²) in [6, 6.07) is -0.840. The fraction of sp³-hybridized carbons (Fsp3) is 0.846. The Morgan fingerprint density at radius 1 is 1.40 bits per heavy atom. The molecule has 0 radical (unpaired) electrons. The summed E-state index contributed by atoms with van der Waals surface area (Å²) < 4.78 is 15.3. The van der Waals surface area contributed by atoms with Crippen LogP contribution in [0.5, 0.6) is 0 Å². The van der Waals surface area contributed by atoms with Gasteiger partial charge >= 0.3 is 12.1 Å². The molecule has 1 aliphatic heterocycles. The zero-order chi connectivity index (χ0) is 15.7. The van der Waals surface area contributed by atoms with E-state index in [2.05, 4.69) is 4.74 Å². The number of carbonyl (C=O) groups is 2. The maximum atomic E-state index is 12.3. The van der Waals surface area contributed by atoms with E-state index in [1.54, 1.807) is 34.6 Å². The number of nitrogens with zero attached hydrogens (tertiary/aromatic N) is 1. The van der Waals surface area contributed by atoms with Gasteiger partial charge < -0.3 is 19.3 Å². The molecule has 20 heavy (non-hydrogen) atoms. The average molecular weight is 289 g/mol. The van der Waals surface area contributed by atoms with Crippen molar-refractivity contribution in [1.82, 2.24) is 4.90 Å². The molecule has 1 heterocycles. The van der Waals surface area contributed by atoms with Gasteiger partial charge in [-0.05, 0) is 34.6 Å². The van der Waals surface area contributed by atoms with Crippen molar-refractivity contribution in [3.8, 4) is 0 Å². The van der Waals surface area contributed by atoms with Gasteiger partial charge in [0, 0.05) is 0 Å². The van der Waals surface area contributed by atoms with E-state index in [1.807, 2.05) is 0 Å². The third-order valence-electron chi connectivity index (χ3n) is 2.92. The van der Waals surface area contributed by atoms with Crippen molar-refractivity contribution < 1.29 is 28.9 Å². The number of methoxy groups -OCH3 is 1. The van der Waals surface area contributed by atoms with Crippen molar-refractivity contribution in [3.63, 3.8) is 0 Å². The molecule has 0 aliphatic carbocycles. The Balaban J connectivity index is 2.96. The van der Waals surface area contributed by atoms with E-state index >= 15 is 0 Å². The van der Waals surface area contributed by atoms with Crippen molar-refractivity contribution in [2.45, 2.75) is 58.1 Å². The van der Waals surface area contributed by atoms with Gasteiger partial charge in [-0.25, -0.2) is 9.59 Å². The number of hydrogen-bond donors (Lipinski definition) is 1. The quantitative estimate of drug-likeness (QED) is 0.760. The first-order valence-electron chi connectivity index (χ1n) is 6.42. The monoisotopic (exact) mass is 289 g/mol. The smallest absolute Gasteiger partial charge is 0.413 e. The van der Waals surface area contributed by atoms with Crippen molar-refractivity contribution >= 4 is 12.1 Å². The Bertz CT molecular complexity index is 387. The lowest BCUT2D eigenvalue weighted by Gasteiger charge is -2.35. The highest BCUT2D eigenvalue weighted by Gasteiger charge is 2.50. The van der Waals surface area contributed by atoms with Crippen molar-refractivity contribution in [2.75, 3.05) is 13.7 Å². The number of amides is 1. The first-order valence-corrected chi connectivity index (χ1v) is 6.42. The van der Waals surface area contributed by atoms with Gasteiger partial charge in [0.1, 0.15) is 11.3 Å². The van der Waals surface area contributed by atoms with Gasteiger partial charge in [0.2, 0.25) is 0 Å². The van der Waals surface area contributed by atoms with Gasteiger partial charge in [0.25, 0.3) is 0 Å². The summed E-state index contributed by atoms with van der Waals surface area (Å²) in [5.74, 6) is -0.815. The summed E-state index contributed by atoms with van der Waals surface area (Å²) >= 11 is 0. The van der Waals surface area contributed by atoms with Crippen LogP contribution in [0.4, 0.5) is 4.79 Å². The molecule has 7 nitrogen and oxygen atoms in total. The molecule has 0 saturated carbocycles. The summed E-state index contributed by atoms with van der Waals surface area (Å²) in [6.07, 6.45) is -2.12.